The van der Waals surface area contributed by atoms with Crippen molar-refractivity contribution in [2.24, 2.45) is 0 Å². The summed E-state index contributed by atoms with van der Waals surface area (Å²) in [6.45, 7) is 0.613. The van der Waals surface area contributed by atoms with Crippen LogP contribution < -0.4 is 0 Å². The highest BCUT2D eigenvalue weighted by Crippen LogP contribution is 2.21. The predicted molar refractivity (Wildman–Crippen MR) is 82.5 cm³/mol. The van der Waals surface area contributed by atoms with Crippen LogP contribution in [0, 0.1) is 5.82 Å². The molecule has 0 saturated carbocycles. The van der Waals surface area contributed by atoms with Crippen LogP contribution in [0.2, 0.25) is 0 Å². The van der Waals surface area contributed by atoms with Crippen molar-refractivity contribution in [1.29, 1.82) is 0 Å². The number of aromatic nitrogens is 2. The summed E-state index contributed by atoms with van der Waals surface area (Å²) in [5.74, 6) is 0.769. The third kappa shape index (κ3) is 2.58. The molecule has 0 aliphatic carbocycles. The highest BCUT2D eigenvalue weighted by atomic mass is 79.9. The molecule has 0 amide bonds. The number of imidazole rings is 1. The van der Waals surface area contributed by atoms with E-state index in [0.29, 0.717) is 12.4 Å². The summed E-state index contributed by atoms with van der Waals surface area (Å²) in [5.41, 5.74) is 2.63. The van der Waals surface area contributed by atoms with E-state index < -0.39 is 0 Å². The van der Waals surface area contributed by atoms with Crippen LogP contribution in [-0.2, 0) is 12.4 Å². The molecular formula is C15H11BrClFN2. The van der Waals surface area contributed by atoms with Gasteiger partial charge in [0.1, 0.15) is 11.6 Å². The van der Waals surface area contributed by atoms with Crippen LogP contribution in [0.25, 0.3) is 11.0 Å². The number of fused-ring (bicyclic) bond motifs is 1. The van der Waals surface area contributed by atoms with Crippen LogP contribution in [0.4, 0.5) is 4.39 Å². The summed E-state index contributed by atoms with van der Waals surface area (Å²) in [7, 11) is 0. The van der Waals surface area contributed by atoms with Gasteiger partial charge in [0.25, 0.3) is 0 Å². The first-order chi connectivity index (χ1) is 9.67. The van der Waals surface area contributed by atoms with E-state index >= 15 is 0 Å². The van der Waals surface area contributed by atoms with Gasteiger partial charge in [0.2, 0.25) is 0 Å². The van der Waals surface area contributed by atoms with Gasteiger partial charge in [-0.1, -0.05) is 28.1 Å². The lowest BCUT2D eigenvalue weighted by molar-refractivity contribution is 0.628. The maximum absolute atomic E-state index is 13.5. The van der Waals surface area contributed by atoms with Gasteiger partial charge in [0.05, 0.1) is 16.9 Å². The zero-order chi connectivity index (χ0) is 14.1. The van der Waals surface area contributed by atoms with Crippen LogP contribution >= 0.6 is 27.5 Å². The Kier molecular flexibility index (Phi) is 3.76. The van der Waals surface area contributed by atoms with E-state index in [9.17, 15) is 4.39 Å². The summed E-state index contributed by atoms with van der Waals surface area (Å²) < 4.78 is 16.4. The monoisotopic (exact) mass is 352 g/mol. The Hall–Kier alpha value is -1.39. The molecule has 0 aliphatic rings. The van der Waals surface area contributed by atoms with Crippen molar-refractivity contribution in [3.63, 3.8) is 0 Å². The maximum atomic E-state index is 13.5. The van der Waals surface area contributed by atoms with Gasteiger partial charge in [-0.2, -0.15) is 0 Å². The van der Waals surface area contributed by atoms with Crippen LogP contribution in [-0.4, -0.2) is 9.55 Å². The van der Waals surface area contributed by atoms with Gasteiger partial charge in [-0.3, -0.25) is 0 Å². The molecule has 102 valence electrons. The lowest BCUT2D eigenvalue weighted by atomic mass is 10.2. The fraction of sp³-hybridized carbons (Fsp3) is 0.133. The molecule has 0 unspecified atom stereocenters. The SMILES string of the molecule is Fc1ccc2nc(CCl)n(Cc3cccc(Br)c3)c2c1. The lowest BCUT2D eigenvalue weighted by Gasteiger charge is -2.08. The van der Waals surface area contributed by atoms with E-state index in [4.69, 9.17) is 11.6 Å². The number of hydrogen-bond donors (Lipinski definition) is 0. The molecule has 0 bridgehead atoms. The second-order valence-corrected chi connectivity index (χ2v) is 5.69. The molecule has 20 heavy (non-hydrogen) atoms. The molecule has 5 heteroatoms. The molecule has 0 fully saturated rings. The smallest absolute Gasteiger partial charge is 0.125 e. The number of benzene rings is 2. The van der Waals surface area contributed by atoms with Gasteiger partial charge in [-0.25, -0.2) is 9.37 Å². The van der Waals surface area contributed by atoms with Crippen LogP contribution in [0.1, 0.15) is 11.4 Å². The molecule has 1 aromatic heterocycles. The molecule has 2 nitrogen and oxygen atoms in total. The van der Waals surface area contributed by atoms with E-state index in [-0.39, 0.29) is 5.82 Å². The minimum absolute atomic E-state index is 0.269. The van der Waals surface area contributed by atoms with E-state index in [0.717, 1.165) is 26.9 Å². The number of nitrogens with zero attached hydrogens (tertiary/aromatic N) is 2. The summed E-state index contributed by atoms with van der Waals surface area (Å²) in [6, 6.07) is 12.6. The summed E-state index contributed by atoms with van der Waals surface area (Å²) >= 11 is 9.41. The van der Waals surface area contributed by atoms with Gasteiger partial charge < -0.3 is 4.57 Å². The van der Waals surface area contributed by atoms with Crippen molar-refractivity contribution >= 4 is 38.6 Å². The largest absolute Gasteiger partial charge is 0.322 e. The van der Waals surface area contributed by atoms with Crippen molar-refractivity contribution in [1.82, 2.24) is 9.55 Å². The summed E-state index contributed by atoms with van der Waals surface area (Å²) in [6.07, 6.45) is 0. The zero-order valence-electron chi connectivity index (χ0n) is 10.5. The van der Waals surface area contributed by atoms with Crippen LogP contribution in [0.15, 0.2) is 46.9 Å². The fourth-order valence-electron chi connectivity index (χ4n) is 2.24. The highest BCUT2D eigenvalue weighted by molar-refractivity contribution is 9.10. The molecule has 0 radical (unpaired) electrons. The van der Waals surface area contributed by atoms with E-state index in [1.54, 1.807) is 6.07 Å². The van der Waals surface area contributed by atoms with Gasteiger partial charge >= 0.3 is 0 Å². The third-order valence-corrected chi connectivity index (χ3v) is 3.87. The number of alkyl halides is 1. The lowest BCUT2D eigenvalue weighted by Crippen LogP contribution is -2.03. The Bertz CT molecular complexity index is 770. The first-order valence-electron chi connectivity index (χ1n) is 6.12. The Morgan fingerprint density at radius 1 is 1.20 bits per heavy atom. The second kappa shape index (κ2) is 5.54. The van der Waals surface area contributed by atoms with Crippen molar-refractivity contribution < 1.29 is 4.39 Å². The quantitative estimate of drug-likeness (QED) is 0.623. The standard InChI is InChI=1S/C15H11BrClFN2/c16-11-3-1-2-10(6-11)9-20-14-7-12(18)4-5-13(14)19-15(20)8-17/h1-7H,8-9H2. The first kappa shape index (κ1) is 13.6. The number of halogens is 3. The molecule has 0 aliphatic heterocycles. The molecule has 0 atom stereocenters. The Labute approximate surface area is 129 Å². The Balaban J connectivity index is 2.11. The summed E-state index contributed by atoms with van der Waals surface area (Å²) in [5, 5.41) is 0. The number of hydrogen-bond acceptors (Lipinski definition) is 1. The average Bonchev–Trinajstić information content (AvgIpc) is 2.76. The van der Waals surface area contributed by atoms with Gasteiger partial charge in [-0.05, 0) is 35.9 Å². The minimum Gasteiger partial charge on any atom is -0.322 e. The third-order valence-electron chi connectivity index (χ3n) is 3.14. The van der Waals surface area contributed by atoms with Crippen LogP contribution in [0.5, 0.6) is 0 Å². The fourth-order valence-corrected chi connectivity index (χ4v) is 2.89. The van der Waals surface area contributed by atoms with Crippen molar-refractivity contribution in [2.75, 3.05) is 0 Å². The molecule has 0 N–H and O–H groups in total. The van der Waals surface area contributed by atoms with E-state index in [2.05, 4.69) is 20.9 Å². The Morgan fingerprint density at radius 2 is 2.05 bits per heavy atom. The molecular weight excluding hydrogens is 343 g/mol. The Morgan fingerprint density at radius 3 is 2.80 bits per heavy atom. The molecule has 2 aromatic carbocycles. The molecule has 1 heterocycles. The minimum atomic E-state index is -0.269. The maximum Gasteiger partial charge on any atom is 0.125 e. The predicted octanol–water partition coefficient (Wildman–Crippen LogP) is 4.73. The van der Waals surface area contributed by atoms with Crippen molar-refractivity contribution in [3.05, 3.63) is 64.1 Å². The summed E-state index contributed by atoms with van der Waals surface area (Å²) in [4.78, 5) is 4.44. The first-order valence-corrected chi connectivity index (χ1v) is 7.45. The zero-order valence-corrected chi connectivity index (χ0v) is 12.8. The van der Waals surface area contributed by atoms with Crippen molar-refractivity contribution in [2.45, 2.75) is 12.4 Å². The molecule has 0 saturated heterocycles. The molecule has 3 aromatic rings. The highest BCUT2D eigenvalue weighted by Gasteiger charge is 2.11. The van der Waals surface area contributed by atoms with Gasteiger partial charge in [0, 0.05) is 11.0 Å². The molecule has 3 rings (SSSR count). The van der Waals surface area contributed by atoms with E-state index in [1.807, 2.05) is 28.8 Å². The number of rotatable bonds is 3. The topological polar surface area (TPSA) is 17.8 Å². The van der Waals surface area contributed by atoms with Gasteiger partial charge in [0.15, 0.2) is 0 Å². The molecule has 0 spiro atoms. The van der Waals surface area contributed by atoms with Gasteiger partial charge in [-0.15, -0.1) is 11.6 Å². The second-order valence-electron chi connectivity index (χ2n) is 4.51. The van der Waals surface area contributed by atoms with Crippen LogP contribution in [0.3, 0.4) is 0 Å². The average molecular weight is 354 g/mol. The normalized spacial score (nSPS) is 11.2. The van der Waals surface area contributed by atoms with E-state index in [1.165, 1.54) is 12.1 Å². The van der Waals surface area contributed by atoms with Crippen molar-refractivity contribution in [3.8, 4) is 0 Å².